The van der Waals surface area contributed by atoms with Crippen molar-refractivity contribution in [3.63, 3.8) is 0 Å². The fraction of sp³-hybridized carbons (Fsp3) is 0.125. The van der Waals surface area contributed by atoms with E-state index in [9.17, 15) is 27.6 Å². The Morgan fingerprint density at radius 2 is 1.54 bits per heavy atom. The average molecular weight is 526 g/mol. The second-order valence-corrected chi connectivity index (χ2v) is 9.16. The Bertz CT molecular complexity index is 1380. The molecule has 2 aromatic carbocycles. The van der Waals surface area contributed by atoms with Gasteiger partial charge in [0, 0.05) is 24.4 Å². The van der Waals surface area contributed by atoms with Crippen molar-refractivity contribution in [2.75, 3.05) is 13.1 Å². The first-order chi connectivity index (χ1) is 17.7. The molecule has 0 spiro atoms. The van der Waals surface area contributed by atoms with Gasteiger partial charge in [-0.3, -0.25) is 19.7 Å². The van der Waals surface area contributed by atoms with Crippen LogP contribution in [0.4, 0.5) is 4.79 Å². The Balaban J connectivity index is 1.55. The molecule has 0 aliphatic rings. The van der Waals surface area contributed by atoms with Crippen LogP contribution in [0, 0.1) is 0 Å². The lowest BCUT2D eigenvalue weighted by Gasteiger charge is -2.09. The number of hydrogen-bond acceptors (Lipinski definition) is 9. The van der Waals surface area contributed by atoms with Gasteiger partial charge in [-0.2, -0.15) is 0 Å². The number of ether oxygens (including phenoxy) is 1. The van der Waals surface area contributed by atoms with Crippen LogP contribution in [-0.4, -0.2) is 50.3 Å². The van der Waals surface area contributed by atoms with Crippen molar-refractivity contribution >= 4 is 33.8 Å². The first-order valence-corrected chi connectivity index (χ1v) is 12.3. The molecule has 1 aromatic heterocycles. The molecule has 0 radical (unpaired) electrons. The van der Waals surface area contributed by atoms with E-state index in [-0.39, 0.29) is 27.8 Å². The third-order valence-electron chi connectivity index (χ3n) is 4.82. The molecule has 1 heterocycles. The van der Waals surface area contributed by atoms with Crippen LogP contribution in [0.1, 0.15) is 26.3 Å². The quantitative estimate of drug-likeness (QED) is 0.313. The minimum Gasteiger partial charge on any atom is -0.391 e. The molecule has 0 fully saturated rings. The summed E-state index contributed by atoms with van der Waals surface area (Å²) in [5, 5.41) is 4.61. The number of hydrogen-bond donors (Lipinski definition) is 4. The van der Waals surface area contributed by atoms with Crippen LogP contribution in [0.5, 0.6) is 5.88 Å². The summed E-state index contributed by atoms with van der Waals surface area (Å²) >= 11 is 0. The van der Waals surface area contributed by atoms with Crippen molar-refractivity contribution in [1.82, 2.24) is 20.3 Å². The molecule has 0 aliphatic carbocycles. The standard InChI is InChI=1S/C24H23N5O7S/c25-14-20(30)28-24(33)36-21-11-8-18(15-27-21)23(32)29-37(34,35)19-9-6-17(7-10-19)22(31)26-13-12-16-4-2-1-3-5-16/h1-11,15H,12-14,25H2,(H,26,31)(H,29,32)(H,28,30,33). The van der Waals surface area contributed by atoms with E-state index in [4.69, 9.17) is 10.5 Å². The second-order valence-electron chi connectivity index (χ2n) is 7.48. The lowest BCUT2D eigenvalue weighted by molar-refractivity contribution is -0.118. The summed E-state index contributed by atoms with van der Waals surface area (Å²) in [5.74, 6) is -2.34. The Labute approximate surface area is 212 Å². The van der Waals surface area contributed by atoms with Crippen LogP contribution in [0.25, 0.3) is 0 Å². The largest absolute Gasteiger partial charge is 0.420 e. The van der Waals surface area contributed by atoms with E-state index in [0.29, 0.717) is 13.0 Å². The highest BCUT2D eigenvalue weighted by Gasteiger charge is 2.20. The van der Waals surface area contributed by atoms with Gasteiger partial charge in [0.05, 0.1) is 17.0 Å². The van der Waals surface area contributed by atoms with Gasteiger partial charge in [0.25, 0.3) is 21.8 Å². The zero-order valence-electron chi connectivity index (χ0n) is 19.3. The number of sulfonamides is 1. The molecule has 3 rings (SSSR count). The van der Waals surface area contributed by atoms with Crippen LogP contribution < -0.4 is 25.8 Å². The molecule has 0 saturated heterocycles. The fourth-order valence-corrected chi connectivity index (χ4v) is 3.93. The fourth-order valence-electron chi connectivity index (χ4n) is 2.95. The summed E-state index contributed by atoms with van der Waals surface area (Å²) in [5.41, 5.74) is 6.26. The number of benzene rings is 2. The molecule has 12 nitrogen and oxygen atoms in total. The van der Waals surface area contributed by atoms with Crippen LogP contribution >= 0.6 is 0 Å². The van der Waals surface area contributed by atoms with Crippen molar-refractivity contribution in [2.24, 2.45) is 5.73 Å². The third-order valence-corrected chi connectivity index (χ3v) is 6.17. The van der Waals surface area contributed by atoms with Gasteiger partial charge in [0.2, 0.25) is 11.8 Å². The summed E-state index contributed by atoms with van der Waals surface area (Å²) in [6, 6.07) is 17.0. The molecule has 0 aliphatic heterocycles. The van der Waals surface area contributed by atoms with Crippen molar-refractivity contribution in [1.29, 1.82) is 0 Å². The molecule has 37 heavy (non-hydrogen) atoms. The highest BCUT2D eigenvalue weighted by atomic mass is 32.2. The number of nitrogens with zero attached hydrogens (tertiary/aromatic N) is 1. The molecule has 0 unspecified atom stereocenters. The number of imide groups is 1. The summed E-state index contributed by atoms with van der Waals surface area (Å²) in [6.07, 6.45) is 0.519. The smallest absolute Gasteiger partial charge is 0.391 e. The monoisotopic (exact) mass is 525 g/mol. The van der Waals surface area contributed by atoms with Crippen LogP contribution in [0.15, 0.2) is 77.8 Å². The number of nitrogens with one attached hydrogen (secondary N) is 3. The molecular weight excluding hydrogens is 502 g/mol. The van der Waals surface area contributed by atoms with Crippen LogP contribution in [0.2, 0.25) is 0 Å². The molecule has 4 amide bonds. The lowest BCUT2D eigenvalue weighted by atomic mass is 10.1. The molecule has 192 valence electrons. The summed E-state index contributed by atoms with van der Waals surface area (Å²) in [7, 11) is -4.25. The highest BCUT2D eigenvalue weighted by Crippen LogP contribution is 2.13. The first-order valence-electron chi connectivity index (χ1n) is 10.8. The maximum atomic E-state index is 12.6. The normalized spacial score (nSPS) is 10.7. The molecule has 5 N–H and O–H groups in total. The lowest BCUT2D eigenvalue weighted by Crippen LogP contribution is -2.37. The topological polar surface area (TPSA) is 187 Å². The van der Waals surface area contributed by atoms with Crippen molar-refractivity contribution in [2.45, 2.75) is 11.3 Å². The SMILES string of the molecule is NCC(=O)NC(=O)Oc1ccc(C(=O)NS(=O)(=O)c2ccc(C(=O)NCCc3ccccc3)cc2)cn1. The number of amides is 4. The van der Waals surface area contributed by atoms with Gasteiger partial charge < -0.3 is 15.8 Å². The van der Waals surface area contributed by atoms with Gasteiger partial charge in [0.15, 0.2) is 0 Å². The van der Waals surface area contributed by atoms with Gasteiger partial charge in [-0.1, -0.05) is 30.3 Å². The Morgan fingerprint density at radius 3 is 2.16 bits per heavy atom. The van der Waals surface area contributed by atoms with Gasteiger partial charge >= 0.3 is 6.09 Å². The molecule has 0 bridgehead atoms. The maximum Gasteiger partial charge on any atom is 0.420 e. The van der Waals surface area contributed by atoms with E-state index in [1.54, 1.807) is 0 Å². The number of aromatic nitrogens is 1. The Hall–Kier alpha value is -4.62. The van der Waals surface area contributed by atoms with E-state index in [2.05, 4.69) is 10.3 Å². The number of rotatable bonds is 9. The molecule has 0 atom stereocenters. The van der Waals surface area contributed by atoms with Crippen molar-refractivity contribution < 1.29 is 32.3 Å². The number of nitrogens with two attached hydrogens (primary N) is 1. The van der Waals surface area contributed by atoms with E-state index in [1.807, 2.05) is 40.4 Å². The summed E-state index contributed by atoms with van der Waals surface area (Å²) < 4.78 is 31.8. The second kappa shape index (κ2) is 12.4. The zero-order chi connectivity index (χ0) is 26.8. The zero-order valence-corrected chi connectivity index (χ0v) is 20.2. The number of pyridine rings is 1. The average Bonchev–Trinajstić information content (AvgIpc) is 2.89. The van der Waals surface area contributed by atoms with Gasteiger partial charge in [-0.25, -0.2) is 22.9 Å². The minimum absolute atomic E-state index is 0.135. The summed E-state index contributed by atoms with van der Waals surface area (Å²) in [6.45, 7) is -0.00585. The van der Waals surface area contributed by atoms with Gasteiger partial charge in [-0.15, -0.1) is 0 Å². The predicted octanol–water partition coefficient (Wildman–Crippen LogP) is 0.747. The molecule has 0 saturated carbocycles. The first kappa shape index (κ1) is 27.0. The minimum atomic E-state index is -4.25. The van der Waals surface area contributed by atoms with E-state index in [0.717, 1.165) is 17.8 Å². The number of carbonyl (C=O) groups is 4. The van der Waals surface area contributed by atoms with Crippen LogP contribution in [0.3, 0.4) is 0 Å². The van der Waals surface area contributed by atoms with Crippen LogP contribution in [-0.2, 0) is 21.2 Å². The Kier molecular flexibility index (Phi) is 9.02. The van der Waals surface area contributed by atoms with Crippen molar-refractivity contribution in [3.8, 4) is 5.88 Å². The van der Waals surface area contributed by atoms with E-state index >= 15 is 0 Å². The third kappa shape index (κ3) is 7.95. The molecule has 3 aromatic rings. The Morgan fingerprint density at radius 1 is 0.865 bits per heavy atom. The maximum absolute atomic E-state index is 12.6. The van der Waals surface area contributed by atoms with Crippen molar-refractivity contribution in [3.05, 3.63) is 89.6 Å². The number of carbonyl (C=O) groups excluding carboxylic acids is 4. The van der Waals surface area contributed by atoms with Gasteiger partial charge in [0.1, 0.15) is 0 Å². The van der Waals surface area contributed by atoms with Gasteiger partial charge in [-0.05, 0) is 42.3 Å². The summed E-state index contributed by atoms with van der Waals surface area (Å²) in [4.78, 5) is 50.8. The van der Waals surface area contributed by atoms with E-state index in [1.165, 1.54) is 30.3 Å². The highest BCUT2D eigenvalue weighted by molar-refractivity contribution is 7.90. The molecule has 13 heteroatoms. The molecular formula is C24H23N5O7S. The van der Waals surface area contributed by atoms with E-state index < -0.39 is 34.5 Å². The predicted molar refractivity (Wildman–Crippen MR) is 131 cm³/mol.